The van der Waals surface area contributed by atoms with Crippen LogP contribution in [0.2, 0.25) is 10.0 Å². The first-order valence-electron chi connectivity index (χ1n) is 7.07. The Labute approximate surface area is 130 Å². The number of nitrogens with zero attached hydrogens (tertiary/aromatic N) is 1. The number of rotatable bonds is 4. The molecule has 1 aromatic rings. The van der Waals surface area contributed by atoms with E-state index in [2.05, 4.69) is 17.3 Å². The van der Waals surface area contributed by atoms with Crippen LogP contribution in [0.4, 0.5) is 4.39 Å². The summed E-state index contributed by atoms with van der Waals surface area (Å²) >= 11 is 12.2. The van der Waals surface area contributed by atoms with Crippen molar-refractivity contribution in [1.29, 1.82) is 0 Å². The van der Waals surface area contributed by atoms with E-state index in [9.17, 15) is 4.39 Å². The first-order chi connectivity index (χ1) is 9.50. The van der Waals surface area contributed by atoms with Crippen LogP contribution in [0, 0.1) is 5.82 Å². The number of piperidine rings is 1. The zero-order valence-electron chi connectivity index (χ0n) is 11.9. The van der Waals surface area contributed by atoms with Crippen molar-refractivity contribution in [3.63, 3.8) is 0 Å². The molecule has 1 aliphatic rings. The summed E-state index contributed by atoms with van der Waals surface area (Å²) < 4.78 is 13.5. The number of likely N-dealkylation sites (tertiary alicyclic amines) is 1. The molecule has 0 aromatic heterocycles. The maximum Gasteiger partial charge on any atom is 0.142 e. The maximum absolute atomic E-state index is 13.5. The fraction of sp³-hybridized carbons (Fsp3) is 0.600. The molecule has 1 fully saturated rings. The minimum absolute atomic E-state index is 0.0685. The second-order valence-electron chi connectivity index (χ2n) is 5.52. The first-order valence-corrected chi connectivity index (χ1v) is 7.83. The summed E-state index contributed by atoms with van der Waals surface area (Å²) in [6.07, 6.45) is 3.73. The predicted octanol–water partition coefficient (Wildman–Crippen LogP) is 4.27. The second kappa shape index (κ2) is 7.08. The van der Waals surface area contributed by atoms with Crippen molar-refractivity contribution in [3.8, 4) is 0 Å². The molecule has 20 heavy (non-hydrogen) atoms. The average molecular weight is 319 g/mol. The Bertz CT molecular complexity index is 467. The molecule has 112 valence electrons. The van der Waals surface area contributed by atoms with Gasteiger partial charge in [-0.15, -0.1) is 0 Å². The summed E-state index contributed by atoms with van der Waals surface area (Å²) in [5.74, 6) is -0.422. The van der Waals surface area contributed by atoms with Crippen molar-refractivity contribution >= 4 is 23.2 Å². The molecule has 2 atom stereocenters. The number of nitrogens with one attached hydrogen (secondary N) is 1. The quantitative estimate of drug-likeness (QED) is 0.834. The molecule has 1 N–H and O–H groups in total. The van der Waals surface area contributed by atoms with E-state index in [1.807, 2.05) is 6.92 Å². The van der Waals surface area contributed by atoms with Crippen LogP contribution >= 0.6 is 23.2 Å². The van der Waals surface area contributed by atoms with E-state index >= 15 is 0 Å². The van der Waals surface area contributed by atoms with E-state index in [-0.39, 0.29) is 11.1 Å². The Balaban J connectivity index is 2.01. The Morgan fingerprint density at radius 1 is 1.40 bits per heavy atom. The van der Waals surface area contributed by atoms with Crippen molar-refractivity contribution in [1.82, 2.24) is 10.2 Å². The highest BCUT2D eigenvalue weighted by Gasteiger charge is 2.21. The van der Waals surface area contributed by atoms with Gasteiger partial charge in [0.1, 0.15) is 5.82 Å². The molecule has 2 rings (SSSR count). The number of halogens is 3. The van der Waals surface area contributed by atoms with Crippen molar-refractivity contribution in [2.24, 2.45) is 0 Å². The molecule has 0 aliphatic carbocycles. The van der Waals surface area contributed by atoms with Gasteiger partial charge in [-0.2, -0.15) is 0 Å². The van der Waals surface area contributed by atoms with Crippen molar-refractivity contribution in [2.45, 2.75) is 38.3 Å². The summed E-state index contributed by atoms with van der Waals surface area (Å²) in [7, 11) is 2.15. The standard InChI is InChI=1S/C15H21Cl2FN2/c1-10(14-12(16)6-7-13(18)15(14)17)19-9-11-5-3-4-8-20(11)2/h6-7,10-11,19H,3-5,8-9H2,1-2H3. The van der Waals surface area contributed by atoms with Gasteiger partial charge in [-0.25, -0.2) is 4.39 Å². The van der Waals surface area contributed by atoms with Gasteiger partial charge in [0, 0.05) is 29.2 Å². The molecule has 2 nitrogen and oxygen atoms in total. The molecule has 5 heteroatoms. The molecule has 0 saturated carbocycles. The van der Waals surface area contributed by atoms with Crippen LogP contribution in [-0.4, -0.2) is 31.1 Å². The van der Waals surface area contributed by atoms with Gasteiger partial charge in [-0.3, -0.25) is 0 Å². The summed E-state index contributed by atoms with van der Waals surface area (Å²) in [5, 5.41) is 4.06. The van der Waals surface area contributed by atoms with Crippen molar-refractivity contribution in [3.05, 3.63) is 33.6 Å². The molecule has 0 radical (unpaired) electrons. The molecule has 1 aromatic carbocycles. The molecule has 2 unspecified atom stereocenters. The van der Waals surface area contributed by atoms with Gasteiger partial charge in [0.2, 0.25) is 0 Å². The van der Waals surface area contributed by atoms with Crippen LogP contribution < -0.4 is 5.32 Å². The summed E-state index contributed by atoms with van der Waals surface area (Å²) in [6.45, 7) is 3.97. The van der Waals surface area contributed by atoms with E-state index < -0.39 is 5.82 Å². The van der Waals surface area contributed by atoms with Crippen LogP contribution in [-0.2, 0) is 0 Å². The molecule has 1 aliphatic heterocycles. The zero-order chi connectivity index (χ0) is 14.7. The minimum Gasteiger partial charge on any atom is -0.309 e. The molecule has 0 amide bonds. The van der Waals surface area contributed by atoms with Gasteiger partial charge in [0.05, 0.1) is 5.02 Å². The first kappa shape index (κ1) is 16.0. The third-order valence-corrected chi connectivity index (χ3v) is 4.81. The molecular weight excluding hydrogens is 298 g/mol. The monoisotopic (exact) mass is 318 g/mol. The van der Waals surface area contributed by atoms with E-state index in [4.69, 9.17) is 23.2 Å². The van der Waals surface area contributed by atoms with Gasteiger partial charge in [-0.05, 0) is 45.5 Å². The van der Waals surface area contributed by atoms with Gasteiger partial charge in [0.15, 0.2) is 0 Å². The SMILES string of the molecule is CC(NCC1CCCCN1C)c1c(Cl)ccc(F)c1Cl. The Morgan fingerprint density at radius 3 is 2.85 bits per heavy atom. The van der Waals surface area contributed by atoms with Crippen LogP contribution in [0.5, 0.6) is 0 Å². The molecular formula is C15H21Cl2FN2. The van der Waals surface area contributed by atoms with Gasteiger partial charge >= 0.3 is 0 Å². The molecule has 1 saturated heterocycles. The third-order valence-electron chi connectivity index (χ3n) is 4.09. The lowest BCUT2D eigenvalue weighted by molar-refractivity contribution is 0.178. The highest BCUT2D eigenvalue weighted by molar-refractivity contribution is 6.36. The van der Waals surface area contributed by atoms with Gasteiger partial charge < -0.3 is 10.2 Å². The predicted molar refractivity (Wildman–Crippen MR) is 83.1 cm³/mol. The number of hydrogen-bond acceptors (Lipinski definition) is 2. The Morgan fingerprint density at radius 2 is 2.15 bits per heavy atom. The molecule has 0 spiro atoms. The Hall–Kier alpha value is -0.350. The summed E-state index contributed by atoms with van der Waals surface area (Å²) in [5.41, 5.74) is 0.645. The van der Waals surface area contributed by atoms with Crippen LogP contribution in [0.3, 0.4) is 0 Å². The highest BCUT2D eigenvalue weighted by Crippen LogP contribution is 2.32. The highest BCUT2D eigenvalue weighted by atomic mass is 35.5. The zero-order valence-corrected chi connectivity index (χ0v) is 13.4. The molecule has 1 heterocycles. The van der Waals surface area contributed by atoms with E-state index in [1.165, 1.54) is 25.3 Å². The maximum atomic E-state index is 13.5. The lowest BCUT2D eigenvalue weighted by atomic mass is 10.0. The van der Waals surface area contributed by atoms with Crippen molar-refractivity contribution in [2.75, 3.05) is 20.1 Å². The van der Waals surface area contributed by atoms with Crippen molar-refractivity contribution < 1.29 is 4.39 Å². The third kappa shape index (κ3) is 3.64. The molecule has 0 bridgehead atoms. The van der Waals surface area contributed by atoms with Crippen LogP contribution in [0.15, 0.2) is 12.1 Å². The summed E-state index contributed by atoms with van der Waals surface area (Å²) in [6, 6.07) is 3.32. The second-order valence-corrected chi connectivity index (χ2v) is 6.30. The van der Waals surface area contributed by atoms with Crippen LogP contribution in [0.25, 0.3) is 0 Å². The smallest absolute Gasteiger partial charge is 0.142 e. The largest absolute Gasteiger partial charge is 0.309 e. The average Bonchev–Trinajstić information content (AvgIpc) is 2.42. The number of hydrogen-bond donors (Lipinski definition) is 1. The van der Waals surface area contributed by atoms with Gasteiger partial charge in [-0.1, -0.05) is 29.6 Å². The van der Waals surface area contributed by atoms with E-state index in [0.29, 0.717) is 16.6 Å². The normalized spacial score (nSPS) is 21.9. The number of likely N-dealkylation sites (N-methyl/N-ethyl adjacent to an activating group) is 1. The fourth-order valence-corrected chi connectivity index (χ4v) is 3.45. The lowest BCUT2D eigenvalue weighted by Crippen LogP contribution is -2.43. The summed E-state index contributed by atoms with van der Waals surface area (Å²) in [4.78, 5) is 2.37. The number of benzene rings is 1. The minimum atomic E-state index is -0.422. The van der Waals surface area contributed by atoms with E-state index in [0.717, 1.165) is 13.1 Å². The fourth-order valence-electron chi connectivity index (χ4n) is 2.76. The van der Waals surface area contributed by atoms with Gasteiger partial charge in [0.25, 0.3) is 0 Å². The van der Waals surface area contributed by atoms with Crippen LogP contribution in [0.1, 0.15) is 37.8 Å². The lowest BCUT2D eigenvalue weighted by Gasteiger charge is -2.33. The van der Waals surface area contributed by atoms with E-state index in [1.54, 1.807) is 6.07 Å². The topological polar surface area (TPSA) is 15.3 Å². The Kier molecular flexibility index (Phi) is 5.67.